The van der Waals surface area contributed by atoms with E-state index < -0.39 is 4.92 Å². The smallest absolute Gasteiger partial charge is 0.273 e. The van der Waals surface area contributed by atoms with E-state index in [1.807, 2.05) is 0 Å². The molecule has 3 N–H and O–H groups in total. The Balaban J connectivity index is 2.19. The summed E-state index contributed by atoms with van der Waals surface area (Å²) in [6, 6.07) is 5.03. The van der Waals surface area contributed by atoms with Gasteiger partial charge < -0.3 is 11.1 Å². The van der Waals surface area contributed by atoms with Crippen LogP contribution in [0.15, 0.2) is 18.2 Å². The van der Waals surface area contributed by atoms with Gasteiger partial charge in [0.25, 0.3) is 5.69 Å². The van der Waals surface area contributed by atoms with Crippen LogP contribution in [-0.2, 0) is 0 Å². The van der Waals surface area contributed by atoms with Crippen LogP contribution in [0.2, 0.25) is 0 Å². The molecule has 0 heterocycles. The van der Waals surface area contributed by atoms with Crippen molar-refractivity contribution in [2.45, 2.75) is 53.0 Å². The maximum atomic E-state index is 10.9. The maximum absolute atomic E-state index is 10.9. The zero-order chi connectivity index (χ0) is 15.8. The first-order valence-corrected chi connectivity index (χ1v) is 7.38. The molecule has 0 radical (unpaired) electrons. The van der Waals surface area contributed by atoms with Crippen LogP contribution < -0.4 is 11.1 Å². The Labute approximate surface area is 126 Å². The summed E-state index contributed by atoms with van der Waals surface area (Å²) in [7, 11) is 0. The second-order valence-electron chi connectivity index (χ2n) is 7.83. The van der Waals surface area contributed by atoms with Gasteiger partial charge in [-0.05, 0) is 36.2 Å². The first-order chi connectivity index (χ1) is 9.56. The van der Waals surface area contributed by atoms with Gasteiger partial charge in [-0.1, -0.05) is 27.7 Å². The fourth-order valence-electron chi connectivity index (χ4n) is 4.01. The van der Waals surface area contributed by atoms with Crippen molar-refractivity contribution in [3.63, 3.8) is 0 Å². The summed E-state index contributed by atoms with van der Waals surface area (Å²) in [5.74, 6) is 0. The minimum Gasteiger partial charge on any atom is -0.398 e. The molecule has 0 aromatic heterocycles. The van der Waals surface area contributed by atoms with Gasteiger partial charge in [-0.3, -0.25) is 10.1 Å². The van der Waals surface area contributed by atoms with E-state index in [0.29, 0.717) is 11.7 Å². The van der Waals surface area contributed by atoms with E-state index in [-0.39, 0.29) is 16.5 Å². The number of rotatable bonds is 3. The van der Waals surface area contributed by atoms with Crippen LogP contribution in [0.3, 0.4) is 0 Å². The molecule has 0 aliphatic heterocycles. The van der Waals surface area contributed by atoms with Gasteiger partial charge in [0.05, 0.1) is 4.92 Å². The van der Waals surface area contributed by atoms with Gasteiger partial charge in [0.15, 0.2) is 0 Å². The Hall–Kier alpha value is -1.78. The first kappa shape index (κ1) is 15.6. The second kappa shape index (κ2) is 5.20. The maximum Gasteiger partial charge on any atom is 0.273 e. The summed E-state index contributed by atoms with van der Waals surface area (Å²) < 4.78 is 0. The molecule has 0 unspecified atom stereocenters. The molecule has 1 aliphatic carbocycles. The molecule has 1 fully saturated rings. The summed E-state index contributed by atoms with van der Waals surface area (Å²) in [6.07, 6.45) is 3.30. The number of benzene rings is 1. The molecule has 116 valence electrons. The lowest BCUT2D eigenvalue weighted by Crippen LogP contribution is -2.40. The predicted molar refractivity (Wildman–Crippen MR) is 86.3 cm³/mol. The zero-order valence-corrected chi connectivity index (χ0v) is 13.3. The molecule has 2 rings (SSSR count). The van der Waals surface area contributed by atoms with Crippen molar-refractivity contribution in [1.82, 2.24) is 0 Å². The van der Waals surface area contributed by atoms with Crippen molar-refractivity contribution in [2.24, 2.45) is 10.8 Å². The summed E-state index contributed by atoms with van der Waals surface area (Å²) >= 11 is 0. The fraction of sp³-hybridized carbons (Fsp3) is 0.625. The van der Waals surface area contributed by atoms with Gasteiger partial charge in [-0.15, -0.1) is 0 Å². The molecule has 0 bridgehead atoms. The molecule has 1 aliphatic rings. The van der Waals surface area contributed by atoms with Crippen molar-refractivity contribution in [1.29, 1.82) is 0 Å². The van der Waals surface area contributed by atoms with E-state index in [4.69, 9.17) is 5.73 Å². The lowest BCUT2D eigenvalue weighted by Gasteiger charge is -2.45. The number of nitrogen functional groups attached to an aromatic ring is 1. The van der Waals surface area contributed by atoms with Crippen molar-refractivity contribution in [2.75, 3.05) is 11.1 Å². The average molecular weight is 291 g/mol. The number of anilines is 2. The third kappa shape index (κ3) is 4.09. The summed E-state index contributed by atoms with van der Waals surface area (Å²) in [5, 5.41) is 14.4. The number of non-ortho nitro benzene ring substituents is 1. The van der Waals surface area contributed by atoms with Crippen LogP contribution in [0.5, 0.6) is 0 Å². The highest BCUT2D eigenvalue weighted by atomic mass is 16.6. The van der Waals surface area contributed by atoms with Gasteiger partial charge in [0, 0.05) is 29.5 Å². The number of nitrogens with zero attached hydrogens (tertiary/aromatic N) is 1. The third-order valence-electron chi connectivity index (χ3n) is 4.08. The Kier molecular flexibility index (Phi) is 3.87. The minimum absolute atomic E-state index is 0.0341. The number of nitro benzene ring substituents is 1. The van der Waals surface area contributed by atoms with Gasteiger partial charge >= 0.3 is 0 Å². The van der Waals surface area contributed by atoms with E-state index >= 15 is 0 Å². The van der Waals surface area contributed by atoms with Gasteiger partial charge in [-0.2, -0.15) is 0 Å². The topological polar surface area (TPSA) is 81.2 Å². The van der Waals surface area contributed by atoms with Crippen molar-refractivity contribution < 1.29 is 4.92 Å². The van der Waals surface area contributed by atoms with Crippen LogP contribution in [-0.4, -0.2) is 11.0 Å². The zero-order valence-electron chi connectivity index (χ0n) is 13.3. The van der Waals surface area contributed by atoms with Gasteiger partial charge in [-0.25, -0.2) is 0 Å². The molecule has 5 nitrogen and oxygen atoms in total. The normalized spacial score (nSPS) is 21.0. The largest absolute Gasteiger partial charge is 0.398 e. The third-order valence-corrected chi connectivity index (χ3v) is 4.08. The molecular formula is C16H25N3O2. The molecule has 1 saturated carbocycles. The van der Waals surface area contributed by atoms with Crippen LogP contribution in [0.4, 0.5) is 17.1 Å². The second-order valence-corrected chi connectivity index (χ2v) is 7.83. The average Bonchev–Trinajstić information content (AvgIpc) is 2.22. The monoisotopic (exact) mass is 291 g/mol. The van der Waals surface area contributed by atoms with E-state index in [2.05, 4.69) is 33.0 Å². The van der Waals surface area contributed by atoms with Crippen molar-refractivity contribution in [3.05, 3.63) is 28.3 Å². The van der Waals surface area contributed by atoms with Crippen LogP contribution in [0.1, 0.15) is 47.0 Å². The van der Waals surface area contributed by atoms with Gasteiger partial charge in [0.2, 0.25) is 0 Å². The highest BCUT2D eigenvalue weighted by Crippen LogP contribution is 2.46. The van der Waals surface area contributed by atoms with Crippen LogP contribution in [0.25, 0.3) is 0 Å². The number of nitrogens with one attached hydrogen (secondary N) is 1. The molecule has 0 saturated heterocycles. The summed E-state index contributed by atoms with van der Waals surface area (Å²) in [4.78, 5) is 10.5. The molecule has 1 aromatic carbocycles. The molecule has 0 amide bonds. The SMILES string of the molecule is CC1(C)CC(Nc2cc(N)cc([N+](=O)[O-])c2)CC(C)(C)C1. The lowest BCUT2D eigenvalue weighted by molar-refractivity contribution is -0.384. The highest BCUT2D eigenvalue weighted by Gasteiger charge is 2.38. The van der Waals surface area contributed by atoms with Crippen molar-refractivity contribution in [3.8, 4) is 0 Å². The molecule has 21 heavy (non-hydrogen) atoms. The lowest BCUT2D eigenvalue weighted by atomic mass is 9.63. The molecule has 5 heteroatoms. The Morgan fingerprint density at radius 2 is 1.76 bits per heavy atom. The predicted octanol–water partition coefficient (Wildman–Crippen LogP) is 4.19. The highest BCUT2D eigenvalue weighted by molar-refractivity contribution is 5.61. The summed E-state index contributed by atoms with van der Waals surface area (Å²) in [6.45, 7) is 9.13. The number of hydrogen-bond donors (Lipinski definition) is 2. The number of hydrogen-bond acceptors (Lipinski definition) is 4. The molecular weight excluding hydrogens is 266 g/mol. The molecule has 0 spiro atoms. The van der Waals surface area contributed by atoms with Crippen LogP contribution in [0, 0.1) is 20.9 Å². The fourth-order valence-corrected chi connectivity index (χ4v) is 4.01. The van der Waals surface area contributed by atoms with Gasteiger partial charge in [0.1, 0.15) is 0 Å². The van der Waals surface area contributed by atoms with E-state index in [1.165, 1.54) is 12.5 Å². The number of nitro groups is 1. The van der Waals surface area contributed by atoms with E-state index in [0.717, 1.165) is 18.5 Å². The minimum atomic E-state index is -0.406. The molecule has 0 atom stereocenters. The van der Waals surface area contributed by atoms with Crippen molar-refractivity contribution >= 4 is 17.1 Å². The van der Waals surface area contributed by atoms with E-state index in [9.17, 15) is 10.1 Å². The Bertz CT molecular complexity index is 536. The number of nitrogens with two attached hydrogens (primary N) is 1. The van der Waals surface area contributed by atoms with E-state index in [1.54, 1.807) is 12.1 Å². The quantitative estimate of drug-likeness (QED) is 0.497. The van der Waals surface area contributed by atoms with Crippen LogP contribution >= 0.6 is 0 Å². The Morgan fingerprint density at radius 1 is 1.19 bits per heavy atom. The molecule has 1 aromatic rings. The first-order valence-electron chi connectivity index (χ1n) is 7.38. The summed E-state index contributed by atoms with van der Waals surface area (Å²) in [5.41, 5.74) is 7.49. The Morgan fingerprint density at radius 3 is 2.29 bits per heavy atom. The standard InChI is InChI=1S/C16H25N3O2/c1-15(2)8-13(9-16(3,4)10-15)18-12-5-11(17)6-14(7-12)19(20)21/h5-7,13,18H,8-10,17H2,1-4H3.